The third kappa shape index (κ3) is 18.2. The molecule has 0 heterocycles. The van der Waals surface area contributed by atoms with Crippen molar-refractivity contribution in [2.24, 2.45) is 0 Å². The van der Waals surface area contributed by atoms with E-state index in [1.807, 2.05) is 18.2 Å². The first-order valence-corrected chi connectivity index (χ1v) is 8.24. The minimum Gasteiger partial charge on any atom is -0.478 e. The van der Waals surface area contributed by atoms with Crippen molar-refractivity contribution in [2.75, 3.05) is 0 Å². The molecule has 122 valence electrons. The van der Waals surface area contributed by atoms with Crippen molar-refractivity contribution >= 4 is 5.97 Å². The number of hydrogen-bond donors (Lipinski definition) is 1. The average molecular weight is 303 g/mol. The Kier molecular flexibility index (Phi) is 14.3. The van der Waals surface area contributed by atoms with Gasteiger partial charge in [0.15, 0.2) is 0 Å². The average Bonchev–Trinajstić information content (AvgIpc) is 2.51. The molecule has 0 aliphatic carbocycles. The van der Waals surface area contributed by atoms with E-state index in [1.54, 1.807) is 12.2 Å². The second-order valence-electron chi connectivity index (χ2n) is 5.11. The monoisotopic (exact) mass is 303 g/mol. The lowest BCUT2D eigenvalue weighted by atomic mass is 10.1. The van der Waals surface area contributed by atoms with Crippen LogP contribution >= 0.6 is 0 Å². The van der Waals surface area contributed by atoms with Crippen LogP contribution in [0.4, 0.5) is 0 Å². The summed E-state index contributed by atoms with van der Waals surface area (Å²) in [6, 6.07) is 0.263. The molecule has 1 N–H and O–H groups in total. The van der Waals surface area contributed by atoms with Crippen molar-refractivity contribution < 1.29 is 11.3 Å². The zero-order valence-corrected chi connectivity index (χ0v) is 13.7. The number of rotatable bonds is 13. The van der Waals surface area contributed by atoms with Gasteiger partial charge in [0.1, 0.15) is 0 Å². The molecule has 0 fully saturated rings. The summed E-state index contributed by atoms with van der Waals surface area (Å²) in [7, 11) is 0. The minimum absolute atomic E-state index is 0.263. The fraction of sp³-hybridized carbons (Fsp3) is 0.450. The van der Waals surface area contributed by atoms with Gasteiger partial charge in [-0.3, -0.25) is 0 Å². The molecular weight excluding hydrogens is 272 g/mol. The molecular formula is C20H30O2. The van der Waals surface area contributed by atoms with Crippen molar-refractivity contribution in [2.45, 2.75) is 58.3 Å². The largest absolute Gasteiger partial charge is 0.478 e. The Bertz CT molecular complexity index is 443. The van der Waals surface area contributed by atoms with E-state index in [1.165, 1.54) is 57.1 Å². The van der Waals surface area contributed by atoms with Crippen molar-refractivity contribution in [3.05, 3.63) is 60.7 Å². The number of carboxylic acids is 1. The highest BCUT2D eigenvalue weighted by Crippen LogP contribution is 2.08. The summed E-state index contributed by atoms with van der Waals surface area (Å²) in [6.07, 6.45) is 25.6. The maximum Gasteiger partial charge on any atom is 0.328 e. The van der Waals surface area contributed by atoms with Crippen LogP contribution in [-0.2, 0) is 4.79 Å². The lowest BCUT2D eigenvalue weighted by Gasteiger charge is -1.98. The van der Waals surface area contributed by atoms with Crippen molar-refractivity contribution in [1.29, 1.82) is 0 Å². The summed E-state index contributed by atoms with van der Waals surface area (Å²) in [5.74, 6) is -1.01. The molecule has 0 atom stereocenters. The Morgan fingerprint density at radius 2 is 1.50 bits per heavy atom. The fourth-order valence-electron chi connectivity index (χ4n) is 1.88. The van der Waals surface area contributed by atoms with Gasteiger partial charge >= 0.3 is 5.97 Å². The summed E-state index contributed by atoms with van der Waals surface area (Å²) >= 11 is 0. The van der Waals surface area contributed by atoms with E-state index >= 15 is 0 Å². The smallest absolute Gasteiger partial charge is 0.328 e. The van der Waals surface area contributed by atoms with Gasteiger partial charge in [-0.1, -0.05) is 100 Å². The zero-order valence-electron chi connectivity index (χ0n) is 14.7. The van der Waals surface area contributed by atoms with Crippen LogP contribution < -0.4 is 0 Å². The molecule has 0 aromatic rings. The molecule has 0 aromatic heterocycles. The van der Waals surface area contributed by atoms with E-state index in [-0.39, 0.29) is 6.05 Å². The van der Waals surface area contributed by atoms with Crippen molar-refractivity contribution in [1.82, 2.24) is 0 Å². The summed E-state index contributed by atoms with van der Waals surface area (Å²) in [5.41, 5.74) is 0. The summed E-state index contributed by atoms with van der Waals surface area (Å²) in [5, 5.41) is 8.41. The maximum absolute atomic E-state index is 10.3. The molecule has 0 saturated heterocycles. The molecule has 2 heteroatoms. The molecule has 0 radical (unpaired) electrons. The number of hydrogen-bond acceptors (Lipinski definition) is 1. The van der Waals surface area contributed by atoms with Gasteiger partial charge in [-0.05, 0) is 12.8 Å². The third-order valence-electron chi connectivity index (χ3n) is 3.07. The lowest BCUT2D eigenvalue weighted by Crippen LogP contribution is -1.84. The first-order valence-electron chi connectivity index (χ1n) is 8.74. The lowest BCUT2D eigenvalue weighted by molar-refractivity contribution is -0.131. The molecule has 0 spiro atoms. The number of allylic oxidation sites excluding steroid dienone is 9. The van der Waals surface area contributed by atoms with E-state index in [0.717, 1.165) is 12.5 Å². The Labute approximate surface area is 137 Å². The summed E-state index contributed by atoms with van der Waals surface area (Å²) in [6.45, 7) is 2.24. The highest BCUT2D eigenvalue weighted by Gasteiger charge is 1.88. The molecule has 0 bridgehead atoms. The molecule has 0 aliphatic heterocycles. The van der Waals surface area contributed by atoms with Crippen LogP contribution in [0.2, 0.25) is 0 Å². The van der Waals surface area contributed by atoms with Crippen LogP contribution in [0.5, 0.6) is 0 Å². The molecule has 0 aromatic carbocycles. The maximum atomic E-state index is 10.3. The van der Waals surface area contributed by atoms with Gasteiger partial charge in [-0.15, -0.1) is 0 Å². The molecule has 22 heavy (non-hydrogen) atoms. The van der Waals surface area contributed by atoms with Gasteiger partial charge in [0.05, 0.1) is 1.37 Å². The Morgan fingerprint density at radius 1 is 0.864 bits per heavy atom. The summed E-state index contributed by atoms with van der Waals surface area (Å²) < 4.78 is 7.55. The standard InChI is InChI=1S/C20H30O2/c1-2-3-4-5-6-7-8-9-10-11-12-13-14-15-16-17-18-19-20(21)22/h10-19H,2-9H2,1H3,(H,21,22)/i16D. The molecule has 2 nitrogen and oxygen atoms in total. The highest BCUT2D eigenvalue weighted by atomic mass is 16.4. The van der Waals surface area contributed by atoms with Gasteiger partial charge in [0.25, 0.3) is 0 Å². The first kappa shape index (κ1) is 18.2. The Morgan fingerprint density at radius 3 is 2.23 bits per heavy atom. The number of carbonyl (C=O) groups is 1. The van der Waals surface area contributed by atoms with E-state index in [2.05, 4.69) is 13.0 Å². The van der Waals surface area contributed by atoms with Crippen LogP contribution in [0.3, 0.4) is 0 Å². The number of carboxylic acid groups (broad SMARTS) is 1. The van der Waals surface area contributed by atoms with Gasteiger partial charge in [0, 0.05) is 6.08 Å². The highest BCUT2D eigenvalue weighted by molar-refractivity contribution is 5.80. The quantitative estimate of drug-likeness (QED) is 0.258. The number of aliphatic carboxylic acids is 1. The van der Waals surface area contributed by atoms with Crippen molar-refractivity contribution in [3.8, 4) is 0 Å². The second kappa shape index (κ2) is 17.2. The molecule has 0 amide bonds. The van der Waals surface area contributed by atoms with Crippen LogP contribution in [0, 0.1) is 0 Å². The molecule has 0 saturated carbocycles. The number of unbranched alkanes of at least 4 members (excludes halogenated alkanes) is 7. The SMILES string of the molecule is [2H]C(C=CC=CC=CCCCCCCCCC)=CC=CC(=O)O. The Balaban J connectivity index is 3.68. The first-order chi connectivity index (χ1) is 11.2. The molecule has 0 rings (SSSR count). The van der Waals surface area contributed by atoms with Gasteiger partial charge in [0.2, 0.25) is 0 Å². The normalized spacial score (nSPS) is 13.9. The van der Waals surface area contributed by atoms with E-state index in [0.29, 0.717) is 0 Å². The van der Waals surface area contributed by atoms with E-state index in [9.17, 15) is 4.79 Å². The van der Waals surface area contributed by atoms with E-state index in [4.69, 9.17) is 6.48 Å². The van der Waals surface area contributed by atoms with Crippen LogP contribution in [-0.4, -0.2) is 11.1 Å². The molecule has 0 aliphatic rings. The predicted octanol–water partition coefficient (Wildman–Crippen LogP) is 5.99. The minimum atomic E-state index is -1.01. The molecule has 0 unspecified atom stereocenters. The second-order valence-corrected chi connectivity index (χ2v) is 5.11. The topological polar surface area (TPSA) is 37.3 Å². The van der Waals surface area contributed by atoms with Gasteiger partial charge < -0.3 is 5.11 Å². The third-order valence-corrected chi connectivity index (χ3v) is 3.07. The predicted molar refractivity (Wildman–Crippen MR) is 95.9 cm³/mol. The van der Waals surface area contributed by atoms with Crippen LogP contribution in [0.15, 0.2) is 60.7 Å². The Hall–Kier alpha value is -1.83. The van der Waals surface area contributed by atoms with Crippen LogP contribution in [0.1, 0.15) is 59.7 Å². The van der Waals surface area contributed by atoms with Crippen LogP contribution in [0.25, 0.3) is 0 Å². The van der Waals surface area contributed by atoms with Crippen molar-refractivity contribution in [3.63, 3.8) is 0 Å². The van der Waals surface area contributed by atoms with Gasteiger partial charge in [-0.25, -0.2) is 4.79 Å². The van der Waals surface area contributed by atoms with Gasteiger partial charge in [-0.2, -0.15) is 0 Å². The fourth-order valence-corrected chi connectivity index (χ4v) is 1.88. The zero-order chi connectivity index (χ0) is 17.2. The summed E-state index contributed by atoms with van der Waals surface area (Å²) in [4.78, 5) is 10.3. The van der Waals surface area contributed by atoms with E-state index < -0.39 is 5.97 Å².